The second-order valence-corrected chi connectivity index (χ2v) is 9.11. The molecular weight excluding hydrogens is 370 g/mol. The van der Waals surface area contributed by atoms with Gasteiger partial charge in [0, 0.05) is 30.0 Å². The molecule has 2 aliphatic rings. The number of thiazole rings is 1. The molecule has 3 heterocycles. The van der Waals surface area contributed by atoms with Crippen molar-refractivity contribution in [3.8, 4) is 0 Å². The Morgan fingerprint density at radius 3 is 2.93 bits per heavy atom. The van der Waals surface area contributed by atoms with E-state index in [2.05, 4.69) is 45.0 Å². The standard InChI is InChI=1S/C20H25N7S/c1-12-24-16-10-15(6-7-18(16)28-12)25-17-11-20(22,13-2-4-14(21)5-3-13)26-27-9-8-23-19(17)27/h6-11,13-14,25-26H,2-5,21-22H2,1H3. The third kappa shape index (κ3) is 3.07. The highest BCUT2D eigenvalue weighted by Gasteiger charge is 2.39. The van der Waals surface area contributed by atoms with Gasteiger partial charge in [-0.05, 0) is 56.9 Å². The smallest absolute Gasteiger partial charge is 0.174 e. The van der Waals surface area contributed by atoms with E-state index < -0.39 is 5.66 Å². The number of hydrogen-bond acceptors (Lipinski definition) is 7. The molecule has 6 N–H and O–H groups in total. The summed E-state index contributed by atoms with van der Waals surface area (Å²) in [6, 6.07) is 6.55. The predicted octanol–water partition coefficient (Wildman–Crippen LogP) is 2.98. The summed E-state index contributed by atoms with van der Waals surface area (Å²) in [6.45, 7) is 2.03. The van der Waals surface area contributed by atoms with Crippen molar-refractivity contribution in [1.29, 1.82) is 0 Å². The van der Waals surface area contributed by atoms with Crippen LogP contribution in [0.15, 0.2) is 36.7 Å². The number of nitrogens with one attached hydrogen (secondary N) is 2. The normalized spacial score (nSPS) is 27.2. The van der Waals surface area contributed by atoms with Crippen LogP contribution in [0, 0.1) is 12.8 Å². The van der Waals surface area contributed by atoms with Gasteiger partial charge in [0.15, 0.2) is 5.82 Å². The number of nitrogens with zero attached hydrogens (tertiary/aromatic N) is 3. The molecule has 28 heavy (non-hydrogen) atoms. The number of benzene rings is 1. The first-order chi connectivity index (χ1) is 13.5. The number of aryl methyl sites for hydroxylation is 1. The Morgan fingerprint density at radius 1 is 1.29 bits per heavy atom. The van der Waals surface area contributed by atoms with Crippen LogP contribution in [-0.2, 0) is 0 Å². The maximum absolute atomic E-state index is 6.86. The number of fused-ring (bicyclic) bond motifs is 2. The van der Waals surface area contributed by atoms with E-state index in [1.54, 1.807) is 17.5 Å². The molecule has 2 aromatic heterocycles. The van der Waals surface area contributed by atoms with Crippen LogP contribution in [0.5, 0.6) is 0 Å². The number of aromatic nitrogens is 3. The van der Waals surface area contributed by atoms with Crippen LogP contribution in [0.1, 0.15) is 36.5 Å². The van der Waals surface area contributed by atoms with E-state index in [1.165, 1.54) is 4.70 Å². The average molecular weight is 396 g/mol. The van der Waals surface area contributed by atoms with Crippen LogP contribution in [0.2, 0.25) is 0 Å². The van der Waals surface area contributed by atoms with E-state index in [-0.39, 0.29) is 0 Å². The molecule has 146 valence electrons. The third-order valence-corrected chi connectivity index (χ3v) is 6.75. The van der Waals surface area contributed by atoms with Crippen LogP contribution in [-0.4, -0.2) is 26.3 Å². The Morgan fingerprint density at radius 2 is 2.11 bits per heavy atom. The summed E-state index contributed by atoms with van der Waals surface area (Å²) >= 11 is 1.71. The van der Waals surface area contributed by atoms with Crippen molar-refractivity contribution in [2.24, 2.45) is 17.4 Å². The van der Waals surface area contributed by atoms with Crippen molar-refractivity contribution in [2.75, 3.05) is 10.7 Å². The molecule has 1 aromatic carbocycles. The van der Waals surface area contributed by atoms with Crippen molar-refractivity contribution < 1.29 is 0 Å². The van der Waals surface area contributed by atoms with Gasteiger partial charge in [-0.15, -0.1) is 11.3 Å². The number of anilines is 1. The quantitative estimate of drug-likeness (QED) is 0.543. The van der Waals surface area contributed by atoms with Crippen LogP contribution < -0.4 is 22.2 Å². The highest BCUT2D eigenvalue weighted by molar-refractivity contribution is 7.18. The highest BCUT2D eigenvalue weighted by Crippen LogP contribution is 2.35. The summed E-state index contributed by atoms with van der Waals surface area (Å²) < 4.78 is 3.11. The first-order valence-electron chi connectivity index (χ1n) is 9.74. The van der Waals surface area contributed by atoms with Gasteiger partial charge in [0.2, 0.25) is 0 Å². The van der Waals surface area contributed by atoms with Gasteiger partial charge in [-0.1, -0.05) is 0 Å². The van der Waals surface area contributed by atoms with E-state index >= 15 is 0 Å². The Bertz CT molecular complexity index is 1040. The fourth-order valence-corrected chi connectivity index (χ4v) is 5.12. The van der Waals surface area contributed by atoms with Gasteiger partial charge < -0.3 is 22.2 Å². The minimum atomic E-state index is -0.641. The summed E-state index contributed by atoms with van der Waals surface area (Å²) in [6.07, 6.45) is 9.84. The Hall–Kier alpha value is -2.42. The number of imidazole rings is 1. The number of rotatable bonds is 3. The lowest BCUT2D eigenvalue weighted by atomic mass is 9.78. The Kier molecular flexibility index (Phi) is 4.15. The van der Waals surface area contributed by atoms with Crippen LogP contribution in [0.3, 0.4) is 0 Å². The molecule has 8 heteroatoms. The van der Waals surface area contributed by atoms with Crippen LogP contribution in [0.25, 0.3) is 15.9 Å². The van der Waals surface area contributed by atoms with E-state index in [1.807, 2.05) is 17.8 Å². The van der Waals surface area contributed by atoms with E-state index in [0.29, 0.717) is 12.0 Å². The zero-order valence-corrected chi connectivity index (χ0v) is 16.7. The molecule has 0 saturated heterocycles. The fraction of sp³-hybridized carbons (Fsp3) is 0.400. The molecule has 0 amide bonds. The zero-order valence-electron chi connectivity index (χ0n) is 15.9. The maximum Gasteiger partial charge on any atom is 0.174 e. The van der Waals surface area contributed by atoms with Gasteiger partial charge in [0.1, 0.15) is 5.66 Å². The van der Waals surface area contributed by atoms with Crippen molar-refractivity contribution in [3.05, 3.63) is 47.5 Å². The second-order valence-electron chi connectivity index (χ2n) is 7.88. The molecule has 1 aliphatic heterocycles. The molecule has 1 aliphatic carbocycles. The van der Waals surface area contributed by atoms with Gasteiger partial charge in [0.25, 0.3) is 0 Å². The van der Waals surface area contributed by atoms with Gasteiger partial charge >= 0.3 is 0 Å². The van der Waals surface area contributed by atoms with Gasteiger partial charge in [0.05, 0.1) is 20.9 Å². The topological polar surface area (TPSA) is 107 Å². The SMILES string of the molecule is Cc1nc2cc(NC3=CC(N)(C4CCC(N)CC4)Nn4ccnc43)ccc2s1. The molecule has 0 bridgehead atoms. The third-order valence-electron chi connectivity index (χ3n) is 5.80. The monoisotopic (exact) mass is 395 g/mol. The minimum absolute atomic E-state index is 0.294. The summed E-state index contributed by atoms with van der Waals surface area (Å²) in [5.74, 6) is 1.14. The second kappa shape index (κ2) is 6.58. The maximum atomic E-state index is 6.86. The number of hydrogen-bond donors (Lipinski definition) is 4. The first kappa shape index (κ1) is 17.7. The van der Waals surface area contributed by atoms with Crippen LogP contribution >= 0.6 is 11.3 Å². The lowest BCUT2D eigenvalue weighted by Crippen LogP contribution is -2.58. The molecule has 7 nitrogen and oxygen atoms in total. The predicted molar refractivity (Wildman–Crippen MR) is 114 cm³/mol. The van der Waals surface area contributed by atoms with E-state index in [0.717, 1.165) is 53.4 Å². The molecule has 0 radical (unpaired) electrons. The van der Waals surface area contributed by atoms with Crippen LogP contribution in [0.4, 0.5) is 5.69 Å². The lowest BCUT2D eigenvalue weighted by molar-refractivity contribution is 0.239. The molecular formula is C20H25N7S. The summed E-state index contributed by atoms with van der Waals surface area (Å²) in [5.41, 5.74) is 18.7. The van der Waals surface area contributed by atoms with Crippen molar-refractivity contribution in [1.82, 2.24) is 14.6 Å². The Labute approximate surface area is 167 Å². The molecule has 1 saturated carbocycles. The van der Waals surface area contributed by atoms with Crippen molar-refractivity contribution in [2.45, 2.75) is 44.3 Å². The molecule has 1 atom stereocenters. The summed E-state index contributed by atoms with van der Waals surface area (Å²) in [7, 11) is 0. The van der Waals surface area contributed by atoms with Crippen molar-refractivity contribution >= 4 is 32.9 Å². The highest BCUT2D eigenvalue weighted by atomic mass is 32.1. The van der Waals surface area contributed by atoms with Gasteiger partial charge in [-0.3, -0.25) is 0 Å². The minimum Gasteiger partial charge on any atom is -0.353 e. The fourth-order valence-electron chi connectivity index (χ4n) is 4.31. The molecule has 0 spiro atoms. The molecule has 5 rings (SSSR count). The van der Waals surface area contributed by atoms with Crippen molar-refractivity contribution in [3.63, 3.8) is 0 Å². The average Bonchev–Trinajstić information content (AvgIpc) is 3.27. The van der Waals surface area contributed by atoms with E-state index in [9.17, 15) is 0 Å². The molecule has 3 aromatic rings. The summed E-state index contributed by atoms with van der Waals surface area (Å²) in [5, 5.41) is 4.60. The lowest BCUT2D eigenvalue weighted by Gasteiger charge is -2.42. The number of nitrogens with two attached hydrogens (primary N) is 2. The molecule has 1 fully saturated rings. The summed E-state index contributed by atoms with van der Waals surface area (Å²) in [4.78, 5) is 9.10. The largest absolute Gasteiger partial charge is 0.353 e. The van der Waals surface area contributed by atoms with Gasteiger partial charge in [-0.25, -0.2) is 14.6 Å². The zero-order chi connectivity index (χ0) is 19.3. The Balaban J connectivity index is 1.48. The van der Waals surface area contributed by atoms with Gasteiger partial charge in [-0.2, -0.15) is 0 Å². The first-order valence-corrected chi connectivity index (χ1v) is 10.6. The molecule has 1 unspecified atom stereocenters. The van der Waals surface area contributed by atoms with E-state index in [4.69, 9.17) is 11.5 Å².